The molecule has 1 heterocycles. The lowest BCUT2D eigenvalue weighted by Crippen LogP contribution is -2.62. The maximum atomic E-state index is 9.73. The topological polar surface area (TPSA) is 44.3 Å². The van der Waals surface area contributed by atoms with E-state index in [-0.39, 0.29) is 11.1 Å². The van der Waals surface area contributed by atoms with E-state index >= 15 is 0 Å². The SMILES string of the molecule is CC(C)(O)CNC1CC(C)(C)NC(C)(C)C1. The minimum atomic E-state index is -0.626. The Bertz CT molecular complexity index is 225. The second-order valence-electron chi connectivity index (χ2n) is 7.19. The lowest BCUT2D eigenvalue weighted by molar-refractivity contribution is 0.0652. The highest BCUT2D eigenvalue weighted by Crippen LogP contribution is 2.28. The predicted octanol–water partition coefficient (Wildman–Crippen LogP) is 1.66. The van der Waals surface area contributed by atoms with Crippen molar-refractivity contribution >= 4 is 0 Å². The Hall–Kier alpha value is -0.120. The van der Waals surface area contributed by atoms with Crippen LogP contribution in [0.25, 0.3) is 0 Å². The first-order valence-electron chi connectivity index (χ1n) is 6.24. The van der Waals surface area contributed by atoms with E-state index in [4.69, 9.17) is 0 Å². The van der Waals surface area contributed by atoms with Crippen LogP contribution in [0.4, 0.5) is 0 Å². The number of hydrogen-bond acceptors (Lipinski definition) is 3. The van der Waals surface area contributed by atoms with Gasteiger partial charge in [-0.3, -0.25) is 0 Å². The molecule has 3 heteroatoms. The van der Waals surface area contributed by atoms with Crippen LogP contribution in [0.1, 0.15) is 54.4 Å². The molecule has 0 radical (unpaired) electrons. The van der Waals surface area contributed by atoms with Gasteiger partial charge in [0.2, 0.25) is 0 Å². The molecule has 0 aliphatic carbocycles. The number of hydrogen-bond donors (Lipinski definition) is 3. The second-order valence-corrected chi connectivity index (χ2v) is 7.19. The zero-order valence-electron chi connectivity index (χ0n) is 11.6. The molecule has 1 fully saturated rings. The lowest BCUT2D eigenvalue weighted by atomic mass is 9.79. The fourth-order valence-electron chi connectivity index (χ4n) is 2.86. The van der Waals surface area contributed by atoms with Crippen LogP contribution >= 0.6 is 0 Å². The number of rotatable bonds is 3. The summed E-state index contributed by atoms with van der Waals surface area (Å²) in [6.07, 6.45) is 2.21. The van der Waals surface area contributed by atoms with Gasteiger partial charge in [-0.1, -0.05) is 0 Å². The molecule has 0 aromatic carbocycles. The van der Waals surface area contributed by atoms with E-state index in [9.17, 15) is 5.11 Å². The largest absolute Gasteiger partial charge is 0.389 e. The zero-order chi connectivity index (χ0) is 12.6. The van der Waals surface area contributed by atoms with Gasteiger partial charge in [-0.2, -0.15) is 0 Å². The molecule has 96 valence electrons. The van der Waals surface area contributed by atoms with Gasteiger partial charge in [-0.15, -0.1) is 0 Å². The van der Waals surface area contributed by atoms with Crippen LogP contribution in [0.2, 0.25) is 0 Å². The van der Waals surface area contributed by atoms with Gasteiger partial charge in [0, 0.05) is 23.7 Å². The molecule has 0 aromatic rings. The van der Waals surface area contributed by atoms with Crippen molar-refractivity contribution in [2.24, 2.45) is 0 Å². The maximum absolute atomic E-state index is 9.73. The summed E-state index contributed by atoms with van der Waals surface area (Å²) in [5, 5.41) is 16.9. The predicted molar refractivity (Wildman–Crippen MR) is 68.6 cm³/mol. The third-order valence-corrected chi connectivity index (χ3v) is 3.01. The fourth-order valence-corrected chi connectivity index (χ4v) is 2.86. The summed E-state index contributed by atoms with van der Waals surface area (Å²) in [5.74, 6) is 0. The highest BCUT2D eigenvalue weighted by Gasteiger charge is 2.37. The summed E-state index contributed by atoms with van der Waals surface area (Å²) in [5.41, 5.74) is -0.294. The molecule has 0 spiro atoms. The Kier molecular flexibility index (Phi) is 3.73. The molecular weight excluding hydrogens is 200 g/mol. The third-order valence-electron chi connectivity index (χ3n) is 3.01. The second kappa shape index (κ2) is 4.28. The minimum absolute atomic E-state index is 0.166. The molecule has 1 aliphatic rings. The van der Waals surface area contributed by atoms with E-state index in [1.165, 1.54) is 0 Å². The molecule has 3 N–H and O–H groups in total. The van der Waals surface area contributed by atoms with Gasteiger partial charge >= 0.3 is 0 Å². The van der Waals surface area contributed by atoms with Gasteiger partial charge in [0.1, 0.15) is 0 Å². The van der Waals surface area contributed by atoms with Crippen molar-refractivity contribution in [2.75, 3.05) is 6.54 Å². The van der Waals surface area contributed by atoms with Gasteiger partial charge in [-0.25, -0.2) is 0 Å². The first-order chi connectivity index (χ1) is 6.99. The van der Waals surface area contributed by atoms with Crippen LogP contribution in [-0.4, -0.2) is 34.4 Å². The first-order valence-corrected chi connectivity index (χ1v) is 6.24. The minimum Gasteiger partial charge on any atom is -0.389 e. The Labute approximate surface area is 100 Å². The summed E-state index contributed by atoms with van der Waals surface area (Å²) < 4.78 is 0. The van der Waals surface area contributed by atoms with Gasteiger partial charge in [0.25, 0.3) is 0 Å². The van der Waals surface area contributed by atoms with Crippen molar-refractivity contribution in [3.05, 3.63) is 0 Å². The Morgan fingerprint density at radius 1 is 1.19 bits per heavy atom. The molecule has 16 heavy (non-hydrogen) atoms. The van der Waals surface area contributed by atoms with E-state index in [1.807, 2.05) is 13.8 Å². The maximum Gasteiger partial charge on any atom is 0.0715 e. The normalized spacial score (nSPS) is 25.7. The van der Waals surface area contributed by atoms with Crippen molar-refractivity contribution < 1.29 is 5.11 Å². The average Bonchev–Trinajstić information content (AvgIpc) is 1.93. The van der Waals surface area contributed by atoms with Crippen molar-refractivity contribution in [2.45, 2.75) is 77.1 Å². The Morgan fingerprint density at radius 2 is 1.62 bits per heavy atom. The molecule has 0 atom stereocenters. The van der Waals surface area contributed by atoms with Gasteiger partial charge < -0.3 is 15.7 Å². The molecule has 1 aliphatic heterocycles. The van der Waals surface area contributed by atoms with Crippen molar-refractivity contribution in [1.29, 1.82) is 0 Å². The molecule has 0 amide bonds. The summed E-state index contributed by atoms with van der Waals surface area (Å²) >= 11 is 0. The van der Waals surface area contributed by atoms with E-state index < -0.39 is 5.60 Å². The van der Waals surface area contributed by atoms with Crippen LogP contribution < -0.4 is 10.6 Å². The molecule has 0 bridgehead atoms. The Balaban J connectivity index is 2.55. The summed E-state index contributed by atoms with van der Waals surface area (Å²) in [4.78, 5) is 0. The van der Waals surface area contributed by atoms with Crippen LogP contribution in [-0.2, 0) is 0 Å². The van der Waals surface area contributed by atoms with Gasteiger partial charge in [-0.05, 0) is 54.4 Å². The zero-order valence-corrected chi connectivity index (χ0v) is 11.6. The van der Waals surface area contributed by atoms with Crippen molar-refractivity contribution in [1.82, 2.24) is 10.6 Å². The molecule has 0 aromatic heterocycles. The van der Waals surface area contributed by atoms with E-state index in [2.05, 4.69) is 38.3 Å². The molecule has 3 nitrogen and oxygen atoms in total. The van der Waals surface area contributed by atoms with E-state index in [0.29, 0.717) is 12.6 Å². The number of nitrogens with one attached hydrogen (secondary N) is 2. The standard InChI is InChI=1S/C13H28N2O/c1-11(2)7-10(8-12(3,4)15-11)14-9-13(5,6)16/h10,14-16H,7-9H2,1-6H3. The Morgan fingerprint density at radius 3 is 2.00 bits per heavy atom. The highest BCUT2D eigenvalue weighted by atomic mass is 16.3. The molecule has 0 unspecified atom stereocenters. The van der Waals surface area contributed by atoms with Gasteiger partial charge in [0.15, 0.2) is 0 Å². The summed E-state index contributed by atoms with van der Waals surface area (Å²) in [6.45, 7) is 13.3. The van der Waals surface area contributed by atoms with Crippen LogP contribution in [0.3, 0.4) is 0 Å². The van der Waals surface area contributed by atoms with E-state index in [1.54, 1.807) is 0 Å². The van der Waals surface area contributed by atoms with Crippen LogP contribution in [0.15, 0.2) is 0 Å². The molecule has 1 rings (SSSR count). The van der Waals surface area contributed by atoms with Crippen molar-refractivity contribution in [3.63, 3.8) is 0 Å². The van der Waals surface area contributed by atoms with Crippen LogP contribution in [0, 0.1) is 0 Å². The molecule has 1 saturated heterocycles. The lowest BCUT2D eigenvalue weighted by Gasteiger charge is -2.47. The van der Waals surface area contributed by atoms with Gasteiger partial charge in [0.05, 0.1) is 5.60 Å². The fraction of sp³-hybridized carbons (Fsp3) is 1.00. The summed E-state index contributed by atoms with van der Waals surface area (Å²) in [6, 6.07) is 0.484. The number of aliphatic hydroxyl groups is 1. The van der Waals surface area contributed by atoms with E-state index in [0.717, 1.165) is 12.8 Å². The van der Waals surface area contributed by atoms with Crippen LogP contribution in [0.5, 0.6) is 0 Å². The monoisotopic (exact) mass is 228 g/mol. The third kappa shape index (κ3) is 4.81. The molecular formula is C13H28N2O. The highest BCUT2D eigenvalue weighted by molar-refractivity contribution is 4.99. The first kappa shape index (κ1) is 13.9. The smallest absolute Gasteiger partial charge is 0.0715 e. The summed E-state index contributed by atoms with van der Waals surface area (Å²) in [7, 11) is 0. The van der Waals surface area contributed by atoms with Crippen molar-refractivity contribution in [3.8, 4) is 0 Å². The average molecular weight is 228 g/mol. The quantitative estimate of drug-likeness (QED) is 0.688. The molecule has 0 saturated carbocycles. The number of piperidine rings is 1.